The summed E-state index contributed by atoms with van der Waals surface area (Å²) in [5.41, 5.74) is 22.6. The molecule has 6 heteroatoms. The minimum absolute atomic E-state index is 0.0793. The van der Waals surface area contributed by atoms with Crippen LogP contribution in [0.1, 0.15) is 48.6 Å². The highest BCUT2D eigenvalue weighted by atomic mass is 16.5. The van der Waals surface area contributed by atoms with Gasteiger partial charge in [-0.2, -0.15) is 0 Å². The number of rotatable bonds is 10. The summed E-state index contributed by atoms with van der Waals surface area (Å²) < 4.78 is 11.9. The fourth-order valence-electron chi connectivity index (χ4n) is 14.6. The number of benzene rings is 12. The third-order valence-corrected chi connectivity index (χ3v) is 18.7. The van der Waals surface area contributed by atoms with Gasteiger partial charge >= 0.3 is 0 Å². The van der Waals surface area contributed by atoms with E-state index >= 15 is 0 Å². The lowest BCUT2D eigenvalue weighted by molar-refractivity contribution is 0.483. The third-order valence-electron chi connectivity index (χ3n) is 18.7. The van der Waals surface area contributed by atoms with Crippen LogP contribution < -0.4 is 14.5 Å². The molecule has 89 heavy (non-hydrogen) atoms. The first-order valence-corrected chi connectivity index (χ1v) is 30.8. The Kier molecular flexibility index (Phi) is 12.0. The molecule has 0 spiro atoms. The average molecular weight is 1140 g/mol. The minimum Gasteiger partial charge on any atom is -0.457 e. The molecule has 0 unspecified atom stereocenters. The molecule has 424 valence electrons. The van der Waals surface area contributed by atoms with E-state index in [0.29, 0.717) is 6.67 Å². The lowest BCUT2D eigenvalue weighted by atomic mass is 9.68. The fourth-order valence-corrected chi connectivity index (χ4v) is 14.6. The summed E-state index contributed by atoms with van der Waals surface area (Å²) in [7, 11) is 0. The first kappa shape index (κ1) is 52.1. The molecular formula is C83H61N5O. The first-order valence-electron chi connectivity index (χ1n) is 30.8. The molecule has 6 nitrogen and oxygen atoms in total. The second kappa shape index (κ2) is 20.5. The SMILES string of the molecule is CC(C)(C)c1cc(-c2ccccc2)c(N2CN(c3cccc(Oc4ccc5c6ccc(-n7c8ccccc8c8ccccc87)cc6n(-c6cc(C7(c8ccccc8)c8ccccc8-c8ccccc87)ccn6)c5c4)c3)c3ccccc32)c(-c2ccccc2)c1. The molecular weight excluding hydrogens is 1080 g/mol. The van der Waals surface area contributed by atoms with E-state index in [0.717, 1.165) is 78.5 Å². The van der Waals surface area contributed by atoms with Gasteiger partial charge in [0.25, 0.3) is 0 Å². The lowest BCUT2D eigenvalue weighted by Gasteiger charge is -2.34. The van der Waals surface area contributed by atoms with Gasteiger partial charge in [-0.05, 0) is 140 Å². The number of anilines is 4. The van der Waals surface area contributed by atoms with E-state index in [1.807, 2.05) is 6.20 Å². The van der Waals surface area contributed by atoms with Crippen molar-refractivity contribution in [1.82, 2.24) is 14.1 Å². The molecule has 0 atom stereocenters. The van der Waals surface area contributed by atoms with Gasteiger partial charge in [-0.3, -0.25) is 4.57 Å². The van der Waals surface area contributed by atoms with Crippen LogP contribution in [0.3, 0.4) is 0 Å². The van der Waals surface area contributed by atoms with Crippen LogP contribution in [-0.4, -0.2) is 20.8 Å². The van der Waals surface area contributed by atoms with Gasteiger partial charge in [0, 0.05) is 62.4 Å². The van der Waals surface area contributed by atoms with Gasteiger partial charge in [0.05, 0.1) is 44.5 Å². The molecule has 12 aromatic carbocycles. The van der Waals surface area contributed by atoms with Gasteiger partial charge in [0.2, 0.25) is 0 Å². The number of fused-ring (bicyclic) bond motifs is 10. The van der Waals surface area contributed by atoms with Crippen LogP contribution in [0.15, 0.2) is 303 Å². The van der Waals surface area contributed by atoms with Crippen molar-refractivity contribution in [2.24, 2.45) is 0 Å². The van der Waals surface area contributed by atoms with Crippen molar-refractivity contribution in [1.29, 1.82) is 0 Å². The quantitative estimate of drug-likeness (QED) is 0.137. The normalized spacial score (nSPS) is 13.3. The molecule has 0 saturated carbocycles. The third kappa shape index (κ3) is 8.28. The van der Waals surface area contributed by atoms with Crippen molar-refractivity contribution in [2.45, 2.75) is 31.6 Å². The second-order valence-electron chi connectivity index (χ2n) is 24.7. The summed E-state index contributed by atoms with van der Waals surface area (Å²) >= 11 is 0. The Morgan fingerprint density at radius 2 is 0.899 bits per heavy atom. The van der Waals surface area contributed by atoms with Gasteiger partial charge in [0.15, 0.2) is 0 Å². The van der Waals surface area contributed by atoms with Crippen LogP contribution in [0.4, 0.5) is 22.7 Å². The average Bonchev–Trinajstić information content (AvgIpc) is 1.62. The summed E-state index contributed by atoms with van der Waals surface area (Å²) in [6.07, 6.45) is 2.00. The van der Waals surface area contributed by atoms with Crippen LogP contribution >= 0.6 is 0 Å². The summed E-state index contributed by atoms with van der Waals surface area (Å²) in [6.45, 7) is 7.51. The molecule has 4 heterocycles. The fraction of sp³-hybridized carbons (Fsp3) is 0.0723. The van der Waals surface area contributed by atoms with Gasteiger partial charge in [-0.1, -0.05) is 221 Å². The van der Waals surface area contributed by atoms with Crippen LogP contribution in [-0.2, 0) is 10.8 Å². The van der Waals surface area contributed by atoms with Crippen molar-refractivity contribution in [3.8, 4) is 56.4 Å². The van der Waals surface area contributed by atoms with Gasteiger partial charge in [-0.25, -0.2) is 4.98 Å². The molecule has 0 radical (unpaired) electrons. The topological polar surface area (TPSA) is 38.5 Å². The molecule has 0 saturated heterocycles. The smallest absolute Gasteiger partial charge is 0.137 e. The Balaban J connectivity index is 0.811. The highest BCUT2D eigenvalue weighted by Gasteiger charge is 2.46. The van der Waals surface area contributed by atoms with Gasteiger partial charge in [0.1, 0.15) is 24.0 Å². The standard InChI is InChI=1S/C83H61N5O/c1-82(2,3)59-48-70(55-24-7-4-8-25-55)81(71(49-59)56-26-9-5-10-27-56)86-54-85(76-40-21-22-41-77(76)86)60-30-23-31-62(51-60)89-63-43-45-69-68-44-42-61(87-74-38-19-15-34-66(74)67-35-16-20-39-75(67)87)52-78(68)88(79(69)53-63)80-50-58(46-47-84-80)83(57-28-11-6-12-29-57)72-36-17-13-32-64(72)65-33-14-18-37-73(65)83/h4-53H,54H2,1-3H3. The number of ether oxygens (including phenoxy) is 1. The molecule has 0 amide bonds. The van der Waals surface area contributed by atoms with Crippen LogP contribution in [0.25, 0.3) is 88.5 Å². The molecule has 0 bridgehead atoms. The Hall–Kier alpha value is -11.2. The number of hydrogen-bond donors (Lipinski definition) is 0. The van der Waals surface area contributed by atoms with Crippen LogP contribution in [0.5, 0.6) is 11.5 Å². The van der Waals surface area contributed by atoms with E-state index < -0.39 is 5.41 Å². The molecule has 0 fully saturated rings. The predicted molar refractivity (Wildman–Crippen MR) is 368 cm³/mol. The molecule has 2 aliphatic rings. The largest absolute Gasteiger partial charge is 0.457 e. The number of nitrogens with zero attached hydrogens (tertiary/aromatic N) is 5. The summed E-state index contributed by atoms with van der Waals surface area (Å²) in [5, 5.41) is 4.67. The molecule has 17 rings (SSSR count). The highest BCUT2D eigenvalue weighted by molar-refractivity contribution is 6.12. The van der Waals surface area contributed by atoms with Crippen LogP contribution in [0.2, 0.25) is 0 Å². The molecule has 3 aromatic heterocycles. The summed E-state index contributed by atoms with van der Waals surface area (Å²) in [6, 6.07) is 108. The Bertz CT molecular complexity index is 5110. The van der Waals surface area contributed by atoms with E-state index in [4.69, 9.17) is 9.72 Å². The Morgan fingerprint density at radius 3 is 1.54 bits per heavy atom. The maximum absolute atomic E-state index is 7.13. The van der Waals surface area contributed by atoms with Crippen LogP contribution in [0, 0.1) is 0 Å². The first-order chi connectivity index (χ1) is 43.8. The molecule has 15 aromatic rings. The van der Waals surface area contributed by atoms with E-state index in [9.17, 15) is 0 Å². The number of aromatic nitrogens is 3. The molecule has 1 aliphatic carbocycles. The zero-order valence-electron chi connectivity index (χ0n) is 49.7. The number of para-hydroxylation sites is 4. The zero-order chi connectivity index (χ0) is 59.4. The van der Waals surface area contributed by atoms with Crippen molar-refractivity contribution in [3.05, 3.63) is 331 Å². The van der Waals surface area contributed by atoms with E-state index in [1.54, 1.807) is 0 Å². The summed E-state index contributed by atoms with van der Waals surface area (Å²) in [4.78, 5) is 10.3. The molecule has 1 aliphatic heterocycles. The van der Waals surface area contributed by atoms with E-state index in [1.165, 1.54) is 72.1 Å². The zero-order valence-corrected chi connectivity index (χ0v) is 49.7. The molecule has 0 N–H and O–H groups in total. The monoisotopic (exact) mass is 1140 g/mol. The maximum Gasteiger partial charge on any atom is 0.137 e. The minimum atomic E-state index is -0.615. The van der Waals surface area contributed by atoms with Gasteiger partial charge in [-0.15, -0.1) is 0 Å². The Morgan fingerprint density at radius 1 is 0.371 bits per heavy atom. The predicted octanol–water partition coefficient (Wildman–Crippen LogP) is 21.3. The highest BCUT2D eigenvalue weighted by Crippen LogP contribution is 2.57. The van der Waals surface area contributed by atoms with E-state index in [2.05, 4.69) is 337 Å². The van der Waals surface area contributed by atoms with E-state index in [-0.39, 0.29) is 5.41 Å². The van der Waals surface area contributed by atoms with Crippen molar-refractivity contribution < 1.29 is 4.74 Å². The second-order valence-corrected chi connectivity index (χ2v) is 24.7. The number of hydrogen-bond acceptors (Lipinski definition) is 4. The maximum atomic E-state index is 7.13. The van der Waals surface area contributed by atoms with Crippen molar-refractivity contribution in [3.63, 3.8) is 0 Å². The lowest BCUT2D eigenvalue weighted by Crippen LogP contribution is -2.28. The van der Waals surface area contributed by atoms with Gasteiger partial charge < -0.3 is 19.1 Å². The van der Waals surface area contributed by atoms with Crippen molar-refractivity contribution >= 4 is 66.4 Å². The number of pyridine rings is 1. The summed E-state index contributed by atoms with van der Waals surface area (Å²) in [5.74, 6) is 2.27. The van der Waals surface area contributed by atoms with Crippen molar-refractivity contribution in [2.75, 3.05) is 16.5 Å². The Labute approximate surface area is 518 Å².